The number of piperidine rings is 1. The molecule has 1 atom stereocenters. The first-order chi connectivity index (χ1) is 9.70. The molecular formula is C15H21BrN2O2. The van der Waals surface area contributed by atoms with Crippen LogP contribution < -0.4 is 10.6 Å². The summed E-state index contributed by atoms with van der Waals surface area (Å²) in [6.07, 6.45) is 2.86. The summed E-state index contributed by atoms with van der Waals surface area (Å²) >= 11 is 3.50. The van der Waals surface area contributed by atoms with Gasteiger partial charge in [0.1, 0.15) is 0 Å². The molecule has 1 unspecified atom stereocenters. The fraction of sp³-hybridized carbons (Fsp3) is 0.533. The summed E-state index contributed by atoms with van der Waals surface area (Å²) in [4.78, 5) is 12.2. The molecular weight excluding hydrogens is 320 g/mol. The van der Waals surface area contributed by atoms with Crippen LogP contribution in [0.5, 0.6) is 0 Å². The Kier molecular flexibility index (Phi) is 6.01. The third-order valence-electron chi connectivity index (χ3n) is 3.55. The van der Waals surface area contributed by atoms with E-state index in [9.17, 15) is 4.79 Å². The molecule has 1 aromatic carbocycles. The molecule has 0 aliphatic carbocycles. The van der Waals surface area contributed by atoms with E-state index in [4.69, 9.17) is 4.74 Å². The van der Waals surface area contributed by atoms with Crippen molar-refractivity contribution in [3.05, 3.63) is 28.2 Å². The van der Waals surface area contributed by atoms with E-state index in [-0.39, 0.29) is 5.91 Å². The van der Waals surface area contributed by atoms with Crippen LogP contribution in [-0.2, 0) is 16.1 Å². The molecule has 0 bridgehead atoms. The summed E-state index contributed by atoms with van der Waals surface area (Å²) in [5.41, 5.74) is 1.81. The standard InChI is InChI=1S/C15H21BrN2O2/c1-20-10-12-13(16)5-2-6-14(12)18-15(19)8-11-4-3-7-17-9-11/h2,5-6,11,17H,3-4,7-10H2,1H3,(H,18,19). The molecule has 1 saturated heterocycles. The van der Waals surface area contributed by atoms with Gasteiger partial charge in [0.2, 0.25) is 5.91 Å². The van der Waals surface area contributed by atoms with Crippen LogP contribution in [0.1, 0.15) is 24.8 Å². The van der Waals surface area contributed by atoms with Crippen molar-refractivity contribution in [3.63, 3.8) is 0 Å². The first-order valence-electron chi connectivity index (χ1n) is 6.97. The molecule has 4 nitrogen and oxygen atoms in total. The van der Waals surface area contributed by atoms with Gasteiger partial charge in [-0.1, -0.05) is 22.0 Å². The number of amides is 1. The lowest BCUT2D eigenvalue weighted by Crippen LogP contribution is -2.32. The van der Waals surface area contributed by atoms with Gasteiger partial charge in [0, 0.05) is 29.3 Å². The third kappa shape index (κ3) is 4.30. The van der Waals surface area contributed by atoms with Gasteiger partial charge in [-0.15, -0.1) is 0 Å². The summed E-state index contributed by atoms with van der Waals surface area (Å²) in [5.74, 6) is 0.524. The van der Waals surface area contributed by atoms with Crippen LogP contribution in [0.25, 0.3) is 0 Å². The molecule has 0 radical (unpaired) electrons. The van der Waals surface area contributed by atoms with Crippen LogP contribution >= 0.6 is 15.9 Å². The maximum atomic E-state index is 12.2. The van der Waals surface area contributed by atoms with Gasteiger partial charge in [0.15, 0.2) is 0 Å². The number of nitrogens with one attached hydrogen (secondary N) is 2. The maximum absolute atomic E-state index is 12.2. The highest BCUT2D eigenvalue weighted by molar-refractivity contribution is 9.10. The Hall–Kier alpha value is -0.910. The van der Waals surface area contributed by atoms with Gasteiger partial charge in [-0.05, 0) is 44.0 Å². The fourth-order valence-electron chi connectivity index (χ4n) is 2.53. The summed E-state index contributed by atoms with van der Waals surface area (Å²) in [5, 5.41) is 6.34. The lowest BCUT2D eigenvalue weighted by Gasteiger charge is -2.22. The monoisotopic (exact) mass is 340 g/mol. The second-order valence-electron chi connectivity index (χ2n) is 5.16. The van der Waals surface area contributed by atoms with Crippen molar-refractivity contribution < 1.29 is 9.53 Å². The van der Waals surface area contributed by atoms with E-state index in [1.54, 1.807) is 7.11 Å². The van der Waals surface area contributed by atoms with Crippen LogP contribution in [0.2, 0.25) is 0 Å². The molecule has 1 aromatic rings. The Balaban J connectivity index is 1.98. The molecule has 1 heterocycles. The van der Waals surface area contributed by atoms with Gasteiger partial charge < -0.3 is 15.4 Å². The molecule has 0 saturated carbocycles. The zero-order chi connectivity index (χ0) is 14.4. The average Bonchev–Trinajstić information content (AvgIpc) is 2.44. The van der Waals surface area contributed by atoms with Gasteiger partial charge >= 0.3 is 0 Å². The molecule has 1 aliphatic rings. The summed E-state index contributed by atoms with van der Waals surface area (Å²) in [6.45, 7) is 2.49. The first kappa shape index (κ1) is 15.5. The number of carbonyl (C=O) groups is 1. The molecule has 0 aromatic heterocycles. The van der Waals surface area contributed by atoms with E-state index in [1.807, 2.05) is 18.2 Å². The number of rotatable bonds is 5. The number of carbonyl (C=O) groups excluding carboxylic acids is 1. The molecule has 1 amide bonds. The van der Waals surface area contributed by atoms with E-state index in [0.29, 0.717) is 18.9 Å². The lowest BCUT2D eigenvalue weighted by atomic mass is 9.96. The number of hydrogen-bond donors (Lipinski definition) is 2. The van der Waals surface area contributed by atoms with Gasteiger partial charge in [-0.2, -0.15) is 0 Å². The molecule has 0 spiro atoms. The predicted octanol–water partition coefficient (Wildman–Crippen LogP) is 2.92. The largest absolute Gasteiger partial charge is 0.380 e. The Morgan fingerprint density at radius 1 is 1.55 bits per heavy atom. The molecule has 110 valence electrons. The van der Waals surface area contributed by atoms with Gasteiger partial charge in [-0.3, -0.25) is 4.79 Å². The van der Waals surface area contributed by atoms with Crippen LogP contribution in [0.3, 0.4) is 0 Å². The zero-order valence-electron chi connectivity index (χ0n) is 11.7. The van der Waals surface area contributed by atoms with Crippen molar-refractivity contribution >= 4 is 27.5 Å². The molecule has 2 N–H and O–H groups in total. The minimum Gasteiger partial charge on any atom is -0.380 e. The third-order valence-corrected chi connectivity index (χ3v) is 4.30. The summed E-state index contributed by atoms with van der Waals surface area (Å²) in [7, 11) is 1.65. The van der Waals surface area contributed by atoms with Crippen molar-refractivity contribution in [1.29, 1.82) is 0 Å². The van der Waals surface area contributed by atoms with E-state index in [2.05, 4.69) is 26.6 Å². The second kappa shape index (κ2) is 7.76. The first-order valence-corrected chi connectivity index (χ1v) is 7.77. The number of halogens is 1. The highest BCUT2D eigenvalue weighted by Gasteiger charge is 2.17. The molecule has 2 rings (SSSR count). The maximum Gasteiger partial charge on any atom is 0.224 e. The smallest absolute Gasteiger partial charge is 0.224 e. The van der Waals surface area contributed by atoms with Crippen molar-refractivity contribution in [2.24, 2.45) is 5.92 Å². The van der Waals surface area contributed by atoms with E-state index >= 15 is 0 Å². The molecule has 20 heavy (non-hydrogen) atoms. The van der Waals surface area contributed by atoms with Crippen molar-refractivity contribution in [1.82, 2.24) is 5.32 Å². The quantitative estimate of drug-likeness (QED) is 0.866. The highest BCUT2D eigenvalue weighted by atomic mass is 79.9. The van der Waals surface area contributed by atoms with Gasteiger partial charge in [0.25, 0.3) is 0 Å². The minimum absolute atomic E-state index is 0.0779. The topological polar surface area (TPSA) is 50.4 Å². The highest BCUT2D eigenvalue weighted by Crippen LogP contribution is 2.26. The number of anilines is 1. The van der Waals surface area contributed by atoms with Crippen molar-refractivity contribution in [2.75, 3.05) is 25.5 Å². The Bertz CT molecular complexity index is 459. The Morgan fingerprint density at radius 3 is 3.10 bits per heavy atom. The Morgan fingerprint density at radius 2 is 2.40 bits per heavy atom. The summed E-state index contributed by atoms with van der Waals surface area (Å²) in [6, 6.07) is 5.78. The normalized spacial score (nSPS) is 18.8. The van der Waals surface area contributed by atoms with Crippen LogP contribution in [0.4, 0.5) is 5.69 Å². The zero-order valence-corrected chi connectivity index (χ0v) is 13.3. The SMILES string of the molecule is COCc1c(Br)cccc1NC(=O)CC1CCCNC1. The van der Waals surface area contributed by atoms with E-state index in [0.717, 1.165) is 41.7 Å². The number of benzene rings is 1. The van der Waals surface area contributed by atoms with E-state index in [1.165, 1.54) is 0 Å². The van der Waals surface area contributed by atoms with E-state index < -0.39 is 0 Å². The summed E-state index contributed by atoms with van der Waals surface area (Å²) < 4.78 is 6.14. The average molecular weight is 341 g/mol. The molecule has 1 aliphatic heterocycles. The fourth-order valence-corrected chi connectivity index (χ4v) is 3.01. The minimum atomic E-state index is 0.0779. The number of ether oxygens (including phenoxy) is 1. The van der Waals surface area contributed by atoms with Crippen LogP contribution in [-0.4, -0.2) is 26.1 Å². The van der Waals surface area contributed by atoms with Crippen LogP contribution in [0.15, 0.2) is 22.7 Å². The van der Waals surface area contributed by atoms with Crippen LogP contribution in [0, 0.1) is 5.92 Å². The Labute approximate surface area is 128 Å². The molecule has 5 heteroatoms. The number of methoxy groups -OCH3 is 1. The van der Waals surface area contributed by atoms with Crippen molar-refractivity contribution in [3.8, 4) is 0 Å². The predicted molar refractivity (Wildman–Crippen MR) is 83.7 cm³/mol. The van der Waals surface area contributed by atoms with Gasteiger partial charge in [-0.25, -0.2) is 0 Å². The lowest BCUT2D eigenvalue weighted by molar-refractivity contribution is -0.117. The van der Waals surface area contributed by atoms with Gasteiger partial charge in [0.05, 0.1) is 6.61 Å². The second-order valence-corrected chi connectivity index (χ2v) is 6.02. The number of hydrogen-bond acceptors (Lipinski definition) is 3. The van der Waals surface area contributed by atoms with Crippen molar-refractivity contribution in [2.45, 2.75) is 25.9 Å². The molecule has 1 fully saturated rings.